The van der Waals surface area contributed by atoms with E-state index in [2.05, 4.69) is 4.98 Å². The van der Waals surface area contributed by atoms with Gasteiger partial charge < -0.3 is 10.5 Å². The first-order valence-corrected chi connectivity index (χ1v) is 5.82. The van der Waals surface area contributed by atoms with Gasteiger partial charge in [-0.2, -0.15) is 0 Å². The van der Waals surface area contributed by atoms with Gasteiger partial charge in [0.2, 0.25) is 0 Å². The minimum atomic E-state index is -0.319. The van der Waals surface area contributed by atoms with E-state index in [9.17, 15) is 4.79 Å². The van der Waals surface area contributed by atoms with Crippen LogP contribution in [-0.2, 0) is 0 Å². The Morgan fingerprint density at radius 1 is 1.47 bits per heavy atom. The average molecular weight is 236 g/mol. The molecule has 0 radical (unpaired) electrons. The van der Waals surface area contributed by atoms with E-state index in [4.69, 9.17) is 10.5 Å². The first kappa shape index (κ1) is 13.6. The van der Waals surface area contributed by atoms with Gasteiger partial charge in [-0.1, -0.05) is 0 Å². The molecule has 0 atom stereocenters. The van der Waals surface area contributed by atoms with E-state index in [-0.39, 0.29) is 11.3 Å². The van der Waals surface area contributed by atoms with E-state index in [1.54, 1.807) is 18.5 Å². The highest BCUT2D eigenvalue weighted by Crippen LogP contribution is 2.15. The Morgan fingerprint density at radius 2 is 2.18 bits per heavy atom. The van der Waals surface area contributed by atoms with Crippen molar-refractivity contribution >= 4 is 5.78 Å². The summed E-state index contributed by atoms with van der Waals surface area (Å²) >= 11 is 0. The Kier molecular flexibility index (Phi) is 4.63. The quantitative estimate of drug-likeness (QED) is 0.769. The van der Waals surface area contributed by atoms with Crippen LogP contribution in [0.2, 0.25) is 0 Å². The number of Topliss-reactive ketones (excluding diaryl/α,β-unsaturated/α-hetero) is 1. The van der Waals surface area contributed by atoms with Gasteiger partial charge in [-0.15, -0.1) is 0 Å². The van der Waals surface area contributed by atoms with Gasteiger partial charge in [-0.25, -0.2) is 0 Å². The minimum absolute atomic E-state index is 0.0533. The third kappa shape index (κ3) is 4.95. The second kappa shape index (κ2) is 5.77. The third-order valence-electron chi connectivity index (χ3n) is 2.34. The first-order chi connectivity index (χ1) is 7.92. The number of carbonyl (C=O) groups is 1. The van der Waals surface area contributed by atoms with Gasteiger partial charge in [0, 0.05) is 23.7 Å². The highest BCUT2D eigenvalue weighted by atomic mass is 16.5. The maximum absolute atomic E-state index is 11.9. The lowest BCUT2D eigenvalue weighted by molar-refractivity contribution is 0.0971. The van der Waals surface area contributed by atoms with E-state index >= 15 is 0 Å². The van der Waals surface area contributed by atoms with Crippen LogP contribution in [0.5, 0.6) is 5.75 Å². The first-order valence-electron chi connectivity index (χ1n) is 5.82. The zero-order valence-corrected chi connectivity index (χ0v) is 10.7. The Bertz CT molecular complexity index is 383. The normalized spacial score (nSPS) is 11.3. The lowest BCUT2D eigenvalue weighted by Gasteiger charge is -2.17. The van der Waals surface area contributed by atoms with Crippen molar-refractivity contribution in [3.63, 3.8) is 0 Å². The van der Waals surface area contributed by atoms with Crippen molar-refractivity contribution in [3.05, 3.63) is 24.0 Å². The molecule has 0 spiro atoms. The fourth-order valence-electron chi connectivity index (χ4n) is 1.40. The maximum Gasteiger partial charge on any atom is 0.164 e. The zero-order valence-electron chi connectivity index (χ0n) is 10.7. The molecule has 0 fully saturated rings. The third-order valence-corrected chi connectivity index (χ3v) is 2.34. The molecule has 1 rings (SSSR count). The van der Waals surface area contributed by atoms with Crippen molar-refractivity contribution < 1.29 is 9.53 Å². The molecule has 0 bridgehead atoms. The number of ether oxygens (including phenoxy) is 1. The molecule has 1 heterocycles. The number of nitrogens with zero attached hydrogens (tertiary/aromatic N) is 1. The molecule has 0 saturated carbocycles. The molecule has 4 heteroatoms. The van der Waals surface area contributed by atoms with Crippen LogP contribution in [0.3, 0.4) is 0 Å². The highest BCUT2D eigenvalue weighted by Gasteiger charge is 2.15. The fraction of sp³-hybridized carbons (Fsp3) is 0.538. The second-order valence-corrected chi connectivity index (χ2v) is 4.75. The van der Waals surface area contributed by atoms with Gasteiger partial charge >= 0.3 is 0 Å². The molecular formula is C13H20N2O2. The average Bonchev–Trinajstić information content (AvgIpc) is 2.26. The Balaban J connectivity index is 2.65. The summed E-state index contributed by atoms with van der Waals surface area (Å²) in [6.07, 6.45) is 4.26. The second-order valence-electron chi connectivity index (χ2n) is 4.75. The van der Waals surface area contributed by atoms with Gasteiger partial charge in [-0.3, -0.25) is 9.78 Å². The SMILES string of the molecule is CCOc1cncc(C(=O)CCC(C)(C)N)c1. The number of aromatic nitrogens is 1. The lowest BCUT2D eigenvalue weighted by atomic mass is 9.96. The number of carbonyl (C=O) groups excluding carboxylic acids is 1. The highest BCUT2D eigenvalue weighted by molar-refractivity contribution is 5.96. The molecular weight excluding hydrogens is 216 g/mol. The molecule has 1 aromatic rings. The zero-order chi connectivity index (χ0) is 12.9. The molecule has 2 N–H and O–H groups in total. The number of hydrogen-bond acceptors (Lipinski definition) is 4. The smallest absolute Gasteiger partial charge is 0.164 e. The van der Waals surface area contributed by atoms with Crippen molar-refractivity contribution in [3.8, 4) is 5.75 Å². The van der Waals surface area contributed by atoms with Crippen LogP contribution in [0.4, 0.5) is 0 Å². The molecule has 0 aliphatic heterocycles. The molecule has 0 saturated heterocycles. The van der Waals surface area contributed by atoms with E-state index in [0.717, 1.165) is 0 Å². The molecule has 94 valence electrons. The van der Waals surface area contributed by atoms with Gasteiger partial charge in [0.25, 0.3) is 0 Å². The van der Waals surface area contributed by atoms with Crippen LogP contribution in [0.15, 0.2) is 18.5 Å². The predicted octanol–water partition coefficient (Wildman–Crippen LogP) is 2.18. The van der Waals surface area contributed by atoms with Gasteiger partial charge in [0.05, 0.1) is 12.8 Å². The van der Waals surface area contributed by atoms with Crippen molar-refractivity contribution in [1.82, 2.24) is 4.98 Å². The predicted molar refractivity (Wildman–Crippen MR) is 67.2 cm³/mol. The van der Waals surface area contributed by atoms with Crippen molar-refractivity contribution in [2.24, 2.45) is 5.73 Å². The van der Waals surface area contributed by atoms with Crippen LogP contribution in [-0.4, -0.2) is 22.9 Å². The molecule has 4 nitrogen and oxygen atoms in total. The van der Waals surface area contributed by atoms with Crippen LogP contribution >= 0.6 is 0 Å². The largest absolute Gasteiger partial charge is 0.492 e. The van der Waals surface area contributed by atoms with E-state index in [1.807, 2.05) is 20.8 Å². The number of pyridine rings is 1. The number of rotatable bonds is 6. The van der Waals surface area contributed by atoms with E-state index in [0.29, 0.717) is 30.8 Å². The van der Waals surface area contributed by atoms with Gasteiger partial charge in [-0.05, 0) is 33.3 Å². The summed E-state index contributed by atoms with van der Waals surface area (Å²) in [5.74, 6) is 0.683. The molecule has 0 unspecified atom stereocenters. The molecule has 0 aliphatic carbocycles. The Morgan fingerprint density at radius 3 is 2.76 bits per heavy atom. The molecule has 0 amide bonds. The van der Waals surface area contributed by atoms with Gasteiger partial charge in [0.1, 0.15) is 5.75 Å². The maximum atomic E-state index is 11.9. The van der Waals surface area contributed by atoms with E-state index < -0.39 is 0 Å². The van der Waals surface area contributed by atoms with Crippen LogP contribution in [0.25, 0.3) is 0 Å². The van der Waals surface area contributed by atoms with E-state index in [1.165, 1.54) is 0 Å². The number of nitrogens with two attached hydrogens (primary N) is 1. The lowest BCUT2D eigenvalue weighted by Crippen LogP contribution is -2.32. The monoisotopic (exact) mass is 236 g/mol. The fourth-order valence-corrected chi connectivity index (χ4v) is 1.40. The van der Waals surface area contributed by atoms with Crippen LogP contribution in [0, 0.1) is 0 Å². The van der Waals surface area contributed by atoms with Crippen molar-refractivity contribution in [1.29, 1.82) is 0 Å². The standard InChI is InChI=1S/C13H20N2O2/c1-4-17-11-7-10(8-15-9-11)12(16)5-6-13(2,3)14/h7-9H,4-6,14H2,1-3H3. The van der Waals surface area contributed by atoms with Gasteiger partial charge in [0.15, 0.2) is 5.78 Å². The van der Waals surface area contributed by atoms with Crippen LogP contribution < -0.4 is 10.5 Å². The topological polar surface area (TPSA) is 65.2 Å². The molecule has 0 aliphatic rings. The summed E-state index contributed by atoms with van der Waals surface area (Å²) in [6, 6.07) is 1.72. The summed E-state index contributed by atoms with van der Waals surface area (Å²) in [7, 11) is 0. The molecule has 17 heavy (non-hydrogen) atoms. The number of ketones is 1. The molecule has 0 aromatic carbocycles. The number of hydrogen-bond donors (Lipinski definition) is 1. The summed E-state index contributed by atoms with van der Waals surface area (Å²) in [6.45, 7) is 6.28. The summed E-state index contributed by atoms with van der Waals surface area (Å²) < 4.78 is 5.30. The molecule has 1 aromatic heterocycles. The summed E-state index contributed by atoms with van der Waals surface area (Å²) in [5, 5.41) is 0. The summed E-state index contributed by atoms with van der Waals surface area (Å²) in [5.41, 5.74) is 6.11. The van der Waals surface area contributed by atoms with Crippen LogP contribution in [0.1, 0.15) is 44.0 Å². The minimum Gasteiger partial charge on any atom is -0.492 e. The van der Waals surface area contributed by atoms with Crippen molar-refractivity contribution in [2.75, 3.05) is 6.61 Å². The Hall–Kier alpha value is -1.42. The Labute approximate surface area is 102 Å². The van der Waals surface area contributed by atoms with Crippen molar-refractivity contribution in [2.45, 2.75) is 39.2 Å². The summed E-state index contributed by atoms with van der Waals surface area (Å²) in [4.78, 5) is 15.9.